The zero-order valence-corrected chi connectivity index (χ0v) is 10.6. The number of aromatic nitrogens is 2. The van der Waals surface area contributed by atoms with Crippen molar-refractivity contribution in [3.63, 3.8) is 0 Å². The Morgan fingerprint density at radius 3 is 2.62 bits per heavy atom. The fourth-order valence-electron chi connectivity index (χ4n) is 0.937. The third-order valence-electron chi connectivity index (χ3n) is 1.58. The molecule has 6 nitrogen and oxygen atoms in total. The van der Waals surface area contributed by atoms with E-state index in [9.17, 15) is 0 Å². The first kappa shape index (κ1) is 13.3. The van der Waals surface area contributed by atoms with Gasteiger partial charge in [-0.15, -0.1) is 10.2 Å². The molecule has 0 atom stereocenters. The Bertz CT molecular complexity index is 311. The van der Waals surface area contributed by atoms with Gasteiger partial charge in [0.15, 0.2) is 0 Å². The molecule has 0 aliphatic heterocycles. The molecule has 3 N–H and O–H groups in total. The summed E-state index contributed by atoms with van der Waals surface area (Å²) >= 11 is 1.37. The van der Waals surface area contributed by atoms with Crippen molar-refractivity contribution in [1.82, 2.24) is 10.2 Å². The molecule has 0 amide bonds. The molecule has 0 saturated heterocycles. The number of anilines is 1. The quantitative estimate of drug-likeness (QED) is 0.445. The maximum Gasteiger partial charge on any atom is 0.219 e. The molecule has 0 aromatic carbocycles. The third-order valence-corrected chi connectivity index (χ3v) is 2.41. The van der Waals surface area contributed by atoms with E-state index in [1.165, 1.54) is 11.3 Å². The number of hydrogen-bond donors (Lipinski definition) is 2. The van der Waals surface area contributed by atoms with Crippen LogP contribution in [0.25, 0.3) is 0 Å². The normalized spacial score (nSPS) is 11.8. The summed E-state index contributed by atoms with van der Waals surface area (Å²) in [5, 5.41) is 9.07. The van der Waals surface area contributed by atoms with Crippen LogP contribution in [0.1, 0.15) is 25.8 Å². The SMILES string of the molecule is CC(C)(C)OCCOCc1nnc(NN)s1. The second-order valence-corrected chi connectivity index (χ2v) is 5.22. The summed E-state index contributed by atoms with van der Waals surface area (Å²) in [5.74, 6) is 5.18. The van der Waals surface area contributed by atoms with Crippen molar-refractivity contribution in [3.05, 3.63) is 5.01 Å². The van der Waals surface area contributed by atoms with Crippen LogP contribution in [-0.2, 0) is 16.1 Å². The highest BCUT2D eigenvalue weighted by molar-refractivity contribution is 7.15. The van der Waals surface area contributed by atoms with Crippen LogP contribution in [0.5, 0.6) is 0 Å². The molecule has 1 heterocycles. The molecular weight excluding hydrogens is 228 g/mol. The van der Waals surface area contributed by atoms with E-state index in [1.54, 1.807) is 0 Å². The van der Waals surface area contributed by atoms with E-state index >= 15 is 0 Å². The zero-order chi connectivity index (χ0) is 12.0. The van der Waals surface area contributed by atoms with Crippen molar-refractivity contribution in [2.24, 2.45) is 5.84 Å². The number of hydrogen-bond acceptors (Lipinski definition) is 7. The lowest BCUT2D eigenvalue weighted by Gasteiger charge is -2.19. The largest absolute Gasteiger partial charge is 0.373 e. The molecule has 0 aliphatic rings. The molecule has 0 spiro atoms. The first-order valence-corrected chi connectivity index (χ1v) is 5.83. The Balaban J connectivity index is 2.11. The average Bonchev–Trinajstić information content (AvgIpc) is 2.63. The van der Waals surface area contributed by atoms with Gasteiger partial charge < -0.3 is 9.47 Å². The molecule has 0 bridgehead atoms. The molecule has 0 radical (unpaired) electrons. The van der Waals surface area contributed by atoms with E-state index in [0.717, 1.165) is 5.01 Å². The summed E-state index contributed by atoms with van der Waals surface area (Å²) in [6, 6.07) is 0. The fourth-order valence-corrected chi connectivity index (χ4v) is 1.52. The van der Waals surface area contributed by atoms with Crippen LogP contribution in [0.15, 0.2) is 0 Å². The molecular formula is C9H18N4O2S. The van der Waals surface area contributed by atoms with Crippen molar-refractivity contribution < 1.29 is 9.47 Å². The highest BCUT2D eigenvalue weighted by atomic mass is 32.1. The molecule has 92 valence electrons. The lowest BCUT2D eigenvalue weighted by Crippen LogP contribution is -2.21. The van der Waals surface area contributed by atoms with E-state index in [2.05, 4.69) is 15.6 Å². The number of nitrogens with one attached hydrogen (secondary N) is 1. The zero-order valence-electron chi connectivity index (χ0n) is 9.82. The van der Waals surface area contributed by atoms with Crippen molar-refractivity contribution in [1.29, 1.82) is 0 Å². The van der Waals surface area contributed by atoms with Gasteiger partial charge in [-0.25, -0.2) is 5.84 Å². The van der Waals surface area contributed by atoms with Gasteiger partial charge in [0.1, 0.15) is 11.6 Å². The average molecular weight is 246 g/mol. The minimum absolute atomic E-state index is 0.122. The van der Waals surface area contributed by atoms with E-state index in [1.807, 2.05) is 20.8 Å². The van der Waals surface area contributed by atoms with Gasteiger partial charge >= 0.3 is 0 Å². The fraction of sp³-hybridized carbons (Fsp3) is 0.778. The Kier molecular flexibility index (Phi) is 5.07. The van der Waals surface area contributed by atoms with Crippen LogP contribution in [0.4, 0.5) is 5.13 Å². The standard InChI is InChI=1S/C9H18N4O2S/c1-9(2,3)15-5-4-14-6-7-12-13-8(11-10)16-7/h4-6,10H2,1-3H3,(H,11,13). The van der Waals surface area contributed by atoms with Crippen LogP contribution in [-0.4, -0.2) is 29.0 Å². The Morgan fingerprint density at radius 2 is 2.06 bits per heavy atom. The minimum Gasteiger partial charge on any atom is -0.373 e. The monoisotopic (exact) mass is 246 g/mol. The number of ether oxygens (including phenoxy) is 2. The summed E-state index contributed by atoms with van der Waals surface area (Å²) in [4.78, 5) is 0. The predicted molar refractivity (Wildman–Crippen MR) is 63.1 cm³/mol. The lowest BCUT2D eigenvalue weighted by atomic mass is 10.2. The topological polar surface area (TPSA) is 82.3 Å². The first-order chi connectivity index (χ1) is 7.51. The van der Waals surface area contributed by atoms with Gasteiger partial charge in [-0.05, 0) is 20.8 Å². The van der Waals surface area contributed by atoms with E-state index in [-0.39, 0.29) is 5.60 Å². The van der Waals surface area contributed by atoms with Crippen LogP contribution < -0.4 is 11.3 Å². The predicted octanol–water partition coefficient (Wildman–Crippen LogP) is 1.16. The molecule has 1 aromatic heterocycles. The molecule has 1 aromatic rings. The smallest absolute Gasteiger partial charge is 0.219 e. The Morgan fingerprint density at radius 1 is 1.31 bits per heavy atom. The summed E-state index contributed by atoms with van der Waals surface area (Å²) in [5.41, 5.74) is 2.31. The Hall–Kier alpha value is -0.760. The second kappa shape index (κ2) is 6.09. The van der Waals surface area contributed by atoms with Gasteiger partial charge in [0.05, 0.1) is 18.8 Å². The van der Waals surface area contributed by atoms with E-state index in [4.69, 9.17) is 15.3 Å². The molecule has 0 aliphatic carbocycles. The minimum atomic E-state index is -0.122. The molecule has 0 saturated carbocycles. The summed E-state index contributed by atoms with van der Waals surface area (Å²) in [7, 11) is 0. The van der Waals surface area contributed by atoms with Crippen molar-refractivity contribution in [2.45, 2.75) is 33.0 Å². The van der Waals surface area contributed by atoms with Gasteiger partial charge in [0, 0.05) is 0 Å². The second-order valence-electron chi connectivity index (χ2n) is 4.16. The molecule has 0 unspecified atom stereocenters. The van der Waals surface area contributed by atoms with Gasteiger partial charge in [-0.1, -0.05) is 11.3 Å². The van der Waals surface area contributed by atoms with Crippen molar-refractivity contribution in [3.8, 4) is 0 Å². The van der Waals surface area contributed by atoms with Crippen LogP contribution in [0.3, 0.4) is 0 Å². The summed E-state index contributed by atoms with van der Waals surface area (Å²) in [6.45, 7) is 7.59. The number of nitrogens with zero attached hydrogens (tertiary/aromatic N) is 2. The van der Waals surface area contributed by atoms with Crippen LogP contribution in [0.2, 0.25) is 0 Å². The summed E-state index contributed by atoms with van der Waals surface area (Å²) in [6.07, 6.45) is 0. The maximum atomic E-state index is 5.50. The van der Waals surface area contributed by atoms with Gasteiger partial charge in [-0.3, -0.25) is 5.43 Å². The Labute approximate surface area is 99.1 Å². The molecule has 0 fully saturated rings. The van der Waals surface area contributed by atoms with Gasteiger partial charge in [0.2, 0.25) is 5.13 Å². The summed E-state index contributed by atoms with van der Waals surface area (Å²) < 4.78 is 10.9. The van der Waals surface area contributed by atoms with Crippen molar-refractivity contribution >= 4 is 16.5 Å². The lowest BCUT2D eigenvalue weighted by molar-refractivity contribution is -0.0377. The number of rotatable bonds is 6. The molecule has 16 heavy (non-hydrogen) atoms. The molecule has 1 rings (SSSR count). The third kappa shape index (κ3) is 5.36. The van der Waals surface area contributed by atoms with Crippen molar-refractivity contribution in [2.75, 3.05) is 18.6 Å². The van der Waals surface area contributed by atoms with Gasteiger partial charge in [0.25, 0.3) is 0 Å². The number of nitrogens with two attached hydrogens (primary N) is 1. The highest BCUT2D eigenvalue weighted by Gasteiger charge is 2.09. The van der Waals surface area contributed by atoms with E-state index in [0.29, 0.717) is 25.0 Å². The van der Waals surface area contributed by atoms with Crippen LogP contribution in [0, 0.1) is 0 Å². The maximum absolute atomic E-state index is 5.50. The molecule has 7 heteroatoms. The first-order valence-electron chi connectivity index (χ1n) is 5.02. The number of nitrogen functional groups attached to an aromatic ring is 1. The highest BCUT2D eigenvalue weighted by Crippen LogP contribution is 2.14. The van der Waals surface area contributed by atoms with E-state index < -0.39 is 0 Å². The number of hydrazine groups is 1. The van der Waals surface area contributed by atoms with Crippen LogP contribution >= 0.6 is 11.3 Å². The van der Waals surface area contributed by atoms with Gasteiger partial charge in [-0.2, -0.15) is 0 Å².